The number of carbonyl (C=O) groups is 2. The van der Waals surface area contributed by atoms with E-state index in [9.17, 15) is 14.7 Å². The number of ether oxygens (including phenoxy) is 1. The van der Waals surface area contributed by atoms with E-state index in [0.29, 0.717) is 24.7 Å². The fourth-order valence-corrected chi connectivity index (χ4v) is 3.26. The molecule has 0 aromatic heterocycles. The third-order valence-corrected chi connectivity index (χ3v) is 4.94. The molecule has 1 aliphatic heterocycles. The zero-order chi connectivity index (χ0) is 19.2. The van der Waals surface area contributed by atoms with E-state index in [2.05, 4.69) is 0 Å². The summed E-state index contributed by atoms with van der Waals surface area (Å²) in [5.41, 5.74) is 1.75. The summed E-state index contributed by atoms with van der Waals surface area (Å²) in [6.07, 6.45) is -0.498. The molecule has 0 aliphatic carbocycles. The first-order valence-corrected chi connectivity index (χ1v) is 9.08. The van der Waals surface area contributed by atoms with Crippen LogP contribution in [-0.4, -0.2) is 52.6 Å². The summed E-state index contributed by atoms with van der Waals surface area (Å²) in [5, 5.41) is 10.2. The average molecular weight is 389 g/mol. The maximum atomic E-state index is 12.3. The van der Waals surface area contributed by atoms with Crippen molar-refractivity contribution in [2.24, 2.45) is 0 Å². The number of hydrogen-bond acceptors (Lipinski definition) is 4. The van der Waals surface area contributed by atoms with Crippen LogP contribution in [0.5, 0.6) is 0 Å². The summed E-state index contributed by atoms with van der Waals surface area (Å²) in [4.78, 5) is 27.3. The van der Waals surface area contributed by atoms with Crippen LogP contribution >= 0.6 is 11.6 Å². The standard InChI is InChI=1S/C20H21ClN2O4/c21-17-9-5-4-8-16(17)12-22-10-11-23(13-18(22)19(24)25)20(26)27-14-15-6-2-1-3-7-15/h1-9,18H,10-14H2,(H,24,25)/t18-/m1/s1. The van der Waals surface area contributed by atoms with Gasteiger partial charge in [-0.3, -0.25) is 9.69 Å². The van der Waals surface area contributed by atoms with Gasteiger partial charge in [-0.25, -0.2) is 4.79 Å². The minimum Gasteiger partial charge on any atom is -0.480 e. The van der Waals surface area contributed by atoms with Crippen molar-refractivity contribution in [1.82, 2.24) is 9.80 Å². The summed E-state index contributed by atoms with van der Waals surface area (Å²) in [6, 6.07) is 15.9. The molecule has 0 spiro atoms. The van der Waals surface area contributed by atoms with E-state index in [-0.39, 0.29) is 13.2 Å². The number of carboxylic acids is 1. The zero-order valence-corrected chi connectivity index (χ0v) is 15.5. The van der Waals surface area contributed by atoms with Crippen LogP contribution < -0.4 is 0 Å². The number of carboxylic acid groups (broad SMARTS) is 1. The molecule has 0 saturated carbocycles. The fraction of sp³-hybridized carbons (Fsp3) is 0.300. The van der Waals surface area contributed by atoms with Crippen LogP contribution in [0.2, 0.25) is 5.02 Å². The Morgan fingerprint density at radius 2 is 1.78 bits per heavy atom. The van der Waals surface area contributed by atoms with E-state index in [1.54, 1.807) is 6.07 Å². The largest absolute Gasteiger partial charge is 0.480 e. The van der Waals surface area contributed by atoms with Crippen LogP contribution in [0, 0.1) is 0 Å². The van der Waals surface area contributed by atoms with E-state index in [0.717, 1.165) is 11.1 Å². The molecule has 2 aromatic carbocycles. The number of amides is 1. The lowest BCUT2D eigenvalue weighted by molar-refractivity contribution is -0.145. The average Bonchev–Trinajstić information content (AvgIpc) is 2.68. The van der Waals surface area contributed by atoms with E-state index in [1.807, 2.05) is 53.4 Å². The minimum atomic E-state index is -0.970. The van der Waals surface area contributed by atoms with Gasteiger partial charge < -0.3 is 14.7 Å². The number of hydrogen-bond donors (Lipinski definition) is 1. The summed E-state index contributed by atoms with van der Waals surface area (Å²) in [7, 11) is 0. The van der Waals surface area contributed by atoms with Crippen molar-refractivity contribution in [1.29, 1.82) is 0 Å². The normalized spacial score (nSPS) is 17.5. The van der Waals surface area contributed by atoms with Crippen molar-refractivity contribution in [3.8, 4) is 0 Å². The van der Waals surface area contributed by atoms with Crippen molar-refractivity contribution in [3.63, 3.8) is 0 Å². The predicted molar refractivity (Wildman–Crippen MR) is 101 cm³/mol. The third-order valence-electron chi connectivity index (χ3n) is 4.57. The Balaban J connectivity index is 1.60. The number of halogens is 1. The van der Waals surface area contributed by atoms with Crippen LogP contribution in [0.15, 0.2) is 54.6 Å². The Morgan fingerprint density at radius 1 is 1.07 bits per heavy atom. The monoisotopic (exact) mass is 388 g/mol. The van der Waals surface area contributed by atoms with Crippen molar-refractivity contribution in [2.45, 2.75) is 19.2 Å². The number of piperazine rings is 1. The predicted octanol–water partition coefficient (Wildman–Crippen LogP) is 3.25. The molecule has 1 saturated heterocycles. The molecule has 0 radical (unpaired) electrons. The highest BCUT2D eigenvalue weighted by Crippen LogP contribution is 2.21. The zero-order valence-electron chi connectivity index (χ0n) is 14.8. The molecule has 1 atom stereocenters. The quantitative estimate of drug-likeness (QED) is 0.851. The molecule has 1 aliphatic rings. The summed E-state index contributed by atoms with van der Waals surface area (Å²) >= 11 is 6.19. The highest BCUT2D eigenvalue weighted by atomic mass is 35.5. The molecule has 0 unspecified atom stereocenters. The molecular formula is C20H21ClN2O4. The van der Waals surface area contributed by atoms with Gasteiger partial charge in [0.15, 0.2) is 0 Å². The maximum Gasteiger partial charge on any atom is 0.410 e. The van der Waals surface area contributed by atoms with E-state index in [1.165, 1.54) is 4.90 Å². The van der Waals surface area contributed by atoms with Gasteiger partial charge in [-0.2, -0.15) is 0 Å². The van der Waals surface area contributed by atoms with Crippen molar-refractivity contribution in [3.05, 3.63) is 70.7 Å². The highest BCUT2D eigenvalue weighted by Gasteiger charge is 2.35. The van der Waals surface area contributed by atoms with Crippen LogP contribution in [0.3, 0.4) is 0 Å². The number of nitrogens with zero attached hydrogens (tertiary/aromatic N) is 2. The molecule has 7 heteroatoms. The summed E-state index contributed by atoms with van der Waals surface area (Å²) in [5.74, 6) is -0.970. The van der Waals surface area contributed by atoms with E-state index in [4.69, 9.17) is 16.3 Å². The van der Waals surface area contributed by atoms with Crippen LogP contribution in [0.25, 0.3) is 0 Å². The molecule has 6 nitrogen and oxygen atoms in total. The van der Waals surface area contributed by atoms with Gasteiger partial charge in [0, 0.05) is 24.7 Å². The van der Waals surface area contributed by atoms with Gasteiger partial charge in [-0.1, -0.05) is 60.1 Å². The maximum absolute atomic E-state index is 12.3. The van der Waals surface area contributed by atoms with Gasteiger partial charge in [-0.05, 0) is 17.2 Å². The molecule has 3 rings (SSSR count). The Morgan fingerprint density at radius 3 is 2.48 bits per heavy atom. The first-order chi connectivity index (χ1) is 13.0. The number of rotatable bonds is 5. The second-order valence-electron chi connectivity index (χ2n) is 6.40. The molecule has 2 aromatic rings. The molecule has 1 fully saturated rings. The van der Waals surface area contributed by atoms with Crippen molar-refractivity contribution in [2.75, 3.05) is 19.6 Å². The Hall–Kier alpha value is -2.57. The lowest BCUT2D eigenvalue weighted by Gasteiger charge is -2.38. The first kappa shape index (κ1) is 19.2. The molecule has 1 amide bonds. The lowest BCUT2D eigenvalue weighted by atomic mass is 10.1. The van der Waals surface area contributed by atoms with Crippen LogP contribution in [0.1, 0.15) is 11.1 Å². The SMILES string of the molecule is O=C(O)[C@H]1CN(C(=O)OCc2ccccc2)CCN1Cc1ccccc1Cl. The van der Waals surface area contributed by atoms with Crippen LogP contribution in [-0.2, 0) is 22.7 Å². The van der Waals surface area contributed by atoms with E-state index < -0.39 is 18.1 Å². The molecule has 1 N–H and O–H groups in total. The molecule has 0 bridgehead atoms. The highest BCUT2D eigenvalue weighted by molar-refractivity contribution is 6.31. The number of benzene rings is 2. The van der Waals surface area contributed by atoms with E-state index >= 15 is 0 Å². The smallest absolute Gasteiger partial charge is 0.410 e. The van der Waals surface area contributed by atoms with Gasteiger partial charge in [-0.15, -0.1) is 0 Å². The molecular weight excluding hydrogens is 368 g/mol. The van der Waals surface area contributed by atoms with Gasteiger partial charge >= 0.3 is 12.1 Å². The Bertz CT molecular complexity index is 800. The Kier molecular flexibility index (Phi) is 6.32. The van der Waals surface area contributed by atoms with Crippen LogP contribution in [0.4, 0.5) is 4.79 Å². The van der Waals surface area contributed by atoms with Crippen molar-refractivity contribution < 1.29 is 19.4 Å². The topological polar surface area (TPSA) is 70.1 Å². The fourth-order valence-electron chi connectivity index (χ4n) is 3.07. The lowest BCUT2D eigenvalue weighted by Crippen LogP contribution is -2.57. The second-order valence-corrected chi connectivity index (χ2v) is 6.81. The third kappa shape index (κ3) is 4.99. The Labute approximate surface area is 162 Å². The van der Waals surface area contributed by atoms with Gasteiger partial charge in [0.1, 0.15) is 12.6 Å². The van der Waals surface area contributed by atoms with Gasteiger partial charge in [0.25, 0.3) is 0 Å². The molecule has 27 heavy (non-hydrogen) atoms. The van der Waals surface area contributed by atoms with Crippen molar-refractivity contribution >= 4 is 23.7 Å². The number of carbonyl (C=O) groups excluding carboxylic acids is 1. The molecule has 142 valence electrons. The minimum absolute atomic E-state index is 0.0768. The first-order valence-electron chi connectivity index (χ1n) is 8.70. The second kappa shape index (κ2) is 8.88. The summed E-state index contributed by atoms with van der Waals surface area (Å²) in [6.45, 7) is 1.50. The molecule has 1 heterocycles. The van der Waals surface area contributed by atoms with Gasteiger partial charge in [0.05, 0.1) is 6.54 Å². The van der Waals surface area contributed by atoms with Gasteiger partial charge in [0.2, 0.25) is 0 Å². The summed E-state index contributed by atoms with van der Waals surface area (Å²) < 4.78 is 5.32. The number of aliphatic carboxylic acids is 1.